The van der Waals surface area contributed by atoms with E-state index in [2.05, 4.69) is 16.2 Å². The normalized spacial score (nSPS) is 14.0. The van der Waals surface area contributed by atoms with Crippen LogP contribution in [-0.4, -0.2) is 17.7 Å². The van der Waals surface area contributed by atoms with Crippen LogP contribution in [0.5, 0.6) is 0 Å². The Morgan fingerprint density at radius 2 is 1.60 bits per heavy atom. The van der Waals surface area contributed by atoms with E-state index in [9.17, 15) is 14.4 Å². The third-order valence-electron chi connectivity index (χ3n) is 5.29. The van der Waals surface area contributed by atoms with Crippen molar-refractivity contribution >= 4 is 35.0 Å². The first kappa shape index (κ1) is 21.8. The summed E-state index contributed by atoms with van der Waals surface area (Å²) in [6.45, 7) is 0. The first-order valence-corrected chi connectivity index (χ1v) is 10.6. The summed E-state index contributed by atoms with van der Waals surface area (Å²) in [5.74, 6) is -0.619. The Morgan fingerprint density at radius 3 is 2.30 bits per heavy atom. The molecule has 6 nitrogen and oxygen atoms in total. The van der Waals surface area contributed by atoms with Crippen molar-refractivity contribution in [2.75, 3.05) is 5.32 Å². The van der Waals surface area contributed by atoms with E-state index in [0.29, 0.717) is 22.7 Å². The zero-order valence-electron chi connectivity index (χ0n) is 16.7. The lowest BCUT2D eigenvalue weighted by molar-refractivity contribution is -0.122. The fourth-order valence-electron chi connectivity index (χ4n) is 3.52. The van der Waals surface area contributed by atoms with Gasteiger partial charge in [-0.15, -0.1) is 0 Å². The van der Waals surface area contributed by atoms with Crippen molar-refractivity contribution in [2.24, 2.45) is 5.92 Å². The fraction of sp³-hybridized carbons (Fsp3) is 0.348. The van der Waals surface area contributed by atoms with Crippen molar-refractivity contribution < 1.29 is 14.4 Å². The molecule has 1 saturated carbocycles. The van der Waals surface area contributed by atoms with Crippen molar-refractivity contribution in [1.29, 1.82) is 0 Å². The smallest absolute Gasteiger partial charge is 0.269 e. The summed E-state index contributed by atoms with van der Waals surface area (Å²) in [4.78, 5) is 36.5. The van der Waals surface area contributed by atoms with Gasteiger partial charge in [-0.1, -0.05) is 49.1 Å². The molecule has 0 heterocycles. The summed E-state index contributed by atoms with van der Waals surface area (Å²) in [5.41, 5.74) is 6.74. The standard InChI is InChI=1S/C23H26ClN3O3/c24-20-9-5-4-6-16(20)12-15-21(28)26-27-23(30)18-10-13-19(14-11-18)25-22(29)17-7-2-1-3-8-17/h4-6,9-11,13-14,17H,1-3,7-8,12,15H2,(H,25,29)(H,26,28)(H,27,30). The molecule has 1 aliphatic carbocycles. The molecular weight excluding hydrogens is 402 g/mol. The van der Waals surface area contributed by atoms with Gasteiger partial charge >= 0.3 is 0 Å². The van der Waals surface area contributed by atoms with Crippen molar-refractivity contribution in [2.45, 2.75) is 44.9 Å². The predicted octanol–water partition coefficient (Wildman–Crippen LogP) is 4.25. The zero-order chi connectivity index (χ0) is 21.3. The average molecular weight is 428 g/mol. The van der Waals surface area contributed by atoms with Crippen molar-refractivity contribution in [3.05, 3.63) is 64.7 Å². The van der Waals surface area contributed by atoms with Gasteiger partial charge in [0.05, 0.1) is 0 Å². The molecule has 0 atom stereocenters. The average Bonchev–Trinajstić information content (AvgIpc) is 2.78. The molecule has 3 rings (SSSR count). The second-order valence-electron chi connectivity index (χ2n) is 7.50. The summed E-state index contributed by atoms with van der Waals surface area (Å²) in [5, 5.41) is 3.53. The van der Waals surface area contributed by atoms with Gasteiger partial charge in [-0.05, 0) is 55.2 Å². The number of carbonyl (C=O) groups excluding carboxylic acids is 3. The molecule has 30 heavy (non-hydrogen) atoms. The first-order chi connectivity index (χ1) is 14.5. The molecule has 0 spiro atoms. The molecule has 2 aromatic rings. The number of halogens is 1. The molecule has 7 heteroatoms. The molecule has 3 amide bonds. The van der Waals surface area contributed by atoms with Crippen molar-refractivity contribution in [3.63, 3.8) is 0 Å². The van der Waals surface area contributed by atoms with Crippen LogP contribution in [0.25, 0.3) is 0 Å². The van der Waals surface area contributed by atoms with E-state index < -0.39 is 5.91 Å². The Balaban J connectivity index is 1.43. The van der Waals surface area contributed by atoms with Gasteiger partial charge in [0.1, 0.15) is 0 Å². The lowest BCUT2D eigenvalue weighted by atomic mass is 9.88. The molecule has 3 N–H and O–H groups in total. The van der Waals surface area contributed by atoms with Crippen LogP contribution in [0.4, 0.5) is 5.69 Å². The minimum atomic E-state index is -0.425. The zero-order valence-corrected chi connectivity index (χ0v) is 17.5. The van der Waals surface area contributed by atoms with E-state index in [1.54, 1.807) is 30.3 Å². The van der Waals surface area contributed by atoms with Gasteiger partial charge in [0.2, 0.25) is 11.8 Å². The number of aryl methyl sites for hydroxylation is 1. The molecule has 0 unspecified atom stereocenters. The maximum Gasteiger partial charge on any atom is 0.269 e. The third kappa shape index (κ3) is 6.32. The van der Waals surface area contributed by atoms with Gasteiger partial charge in [0.15, 0.2) is 0 Å². The highest BCUT2D eigenvalue weighted by Gasteiger charge is 2.21. The summed E-state index contributed by atoms with van der Waals surface area (Å²) in [7, 11) is 0. The Bertz CT molecular complexity index is 893. The summed E-state index contributed by atoms with van der Waals surface area (Å²) >= 11 is 6.08. The quantitative estimate of drug-likeness (QED) is 0.602. The lowest BCUT2D eigenvalue weighted by Crippen LogP contribution is -2.41. The molecule has 158 valence electrons. The number of rotatable bonds is 6. The van der Waals surface area contributed by atoms with Gasteiger partial charge in [-0.2, -0.15) is 0 Å². The van der Waals surface area contributed by atoms with Gasteiger partial charge in [0, 0.05) is 28.6 Å². The third-order valence-corrected chi connectivity index (χ3v) is 5.65. The molecule has 0 bridgehead atoms. The van der Waals surface area contributed by atoms with Crippen LogP contribution in [0.2, 0.25) is 5.02 Å². The Morgan fingerprint density at radius 1 is 0.900 bits per heavy atom. The van der Waals surface area contributed by atoms with Crippen LogP contribution >= 0.6 is 11.6 Å². The molecule has 0 aromatic heterocycles. The van der Waals surface area contributed by atoms with Crippen LogP contribution in [0, 0.1) is 5.92 Å². The number of nitrogens with one attached hydrogen (secondary N) is 3. The summed E-state index contributed by atoms with van der Waals surface area (Å²) in [6, 6.07) is 13.9. The largest absolute Gasteiger partial charge is 0.326 e. The van der Waals surface area contributed by atoms with Gasteiger partial charge in [0.25, 0.3) is 5.91 Å². The second kappa shape index (κ2) is 10.8. The fourth-order valence-corrected chi connectivity index (χ4v) is 3.75. The predicted molar refractivity (Wildman–Crippen MR) is 117 cm³/mol. The Kier molecular flexibility index (Phi) is 7.85. The Hall–Kier alpha value is -2.86. The number of carbonyl (C=O) groups is 3. The van der Waals surface area contributed by atoms with Gasteiger partial charge in [-0.3, -0.25) is 25.2 Å². The number of anilines is 1. The van der Waals surface area contributed by atoms with Crippen LogP contribution in [-0.2, 0) is 16.0 Å². The molecule has 2 aromatic carbocycles. The molecule has 0 saturated heterocycles. The van der Waals surface area contributed by atoms with Gasteiger partial charge in [-0.25, -0.2) is 0 Å². The molecule has 0 radical (unpaired) electrons. The molecule has 1 fully saturated rings. The van der Waals surface area contributed by atoms with Gasteiger partial charge < -0.3 is 5.32 Å². The van der Waals surface area contributed by atoms with Crippen LogP contribution < -0.4 is 16.2 Å². The number of benzene rings is 2. The van der Waals surface area contributed by atoms with Crippen LogP contribution in [0.15, 0.2) is 48.5 Å². The molecule has 0 aliphatic heterocycles. The van der Waals surface area contributed by atoms with Crippen molar-refractivity contribution in [3.8, 4) is 0 Å². The molecular formula is C23H26ClN3O3. The van der Waals surface area contributed by atoms with E-state index in [4.69, 9.17) is 11.6 Å². The minimum Gasteiger partial charge on any atom is -0.326 e. The minimum absolute atomic E-state index is 0.0395. The summed E-state index contributed by atoms with van der Waals surface area (Å²) < 4.78 is 0. The number of amides is 3. The van der Waals surface area contributed by atoms with Crippen LogP contribution in [0.3, 0.4) is 0 Å². The second-order valence-corrected chi connectivity index (χ2v) is 7.90. The molecule has 1 aliphatic rings. The number of hydrazine groups is 1. The van der Waals surface area contributed by atoms with E-state index in [-0.39, 0.29) is 24.2 Å². The number of hydrogen-bond acceptors (Lipinski definition) is 3. The van der Waals surface area contributed by atoms with E-state index in [1.807, 2.05) is 18.2 Å². The SMILES string of the molecule is O=C(CCc1ccccc1Cl)NNC(=O)c1ccc(NC(=O)C2CCCCC2)cc1. The summed E-state index contributed by atoms with van der Waals surface area (Å²) in [6.07, 6.45) is 5.95. The van der Waals surface area contributed by atoms with E-state index in [0.717, 1.165) is 31.2 Å². The van der Waals surface area contributed by atoms with Crippen molar-refractivity contribution in [1.82, 2.24) is 10.9 Å². The maximum absolute atomic E-state index is 12.3. The van der Waals surface area contributed by atoms with Crippen LogP contribution in [0.1, 0.15) is 54.4 Å². The lowest BCUT2D eigenvalue weighted by Gasteiger charge is -2.20. The number of hydrogen-bond donors (Lipinski definition) is 3. The maximum atomic E-state index is 12.3. The highest BCUT2D eigenvalue weighted by molar-refractivity contribution is 6.31. The highest BCUT2D eigenvalue weighted by Crippen LogP contribution is 2.25. The first-order valence-electron chi connectivity index (χ1n) is 10.3. The highest BCUT2D eigenvalue weighted by atomic mass is 35.5. The van der Waals surface area contributed by atoms with E-state index >= 15 is 0 Å². The monoisotopic (exact) mass is 427 g/mol. The topological polar surface area (TPSA) is 87.3 Å². The van der Waals surface area contributed by atoms with E-state index in [1.165, 1.54) is 6.42 Å². The Labute approximate surface area is 181 Å².